The number of hydrogen-bond donors (Lipinski definition) is 0. The highest BCUT2D eigenvalue weighted by Gasteiger charge is 2.34. The van der Waals surface area contributed by atoms with Gasteiger partial charge in [-0.25, -0.2) is 0 Å². The molecule has 3 aromatic rings. The van der Waals surface area contributed by atoms with E-state index in [4.69, 9.17) is 18.7 Å². The first-order chi connectivity index (χ1) is 16.0. The molecule has 8 heteroatoms. The Hall–Kier alpha value is -3.55. The number of ether oxygens (including phenoxy) is 3. The maximum absolute atomic E-state index is 12.7. The van der Waals surface area contributed by atoms with Crippen LogP contribution in [0, 0.1) is 5.92 Å². The van der Waals surface area contributed by atoms with E-state index >= 15 is 0 Å². The normalized spacial score (nSPS) is 15.8. The highest BCUT2D eigenvalue weighted by atomic mass is 16.5. The van der Waals surface area contributed by atoms with Crippen molar-refractivity contribution in [1.29, 1.82) is 0 Å². The van der Waals surface area contributed by atoms with Crippen LogP contribution in [0.3, 0.4) is 0 Å². The second-order valence-electron chi connectivity index (χ2n) is 8.54. The summed E-state index contributed by atoms with van der Waals surface area (Å²) in [6.45, 7) is 5.84. The predicted molar refractivity (Wildman–Crippen MR) is 122 cm³/mol. The van der Waals surface area contributed by atoms with E-state index in [9.17, 15) is 4.79 Å². The Bertz CT molecular complexity index is 1090. The van der Waals surface area contributed by atoms with Crippen molar-refractivity contribution in [3.05, 3.63) is 53.9 Å². The fourth-order valence-corrected chi connectivity index (χ4v) is 3.76. The molecule has 0 radical (unpaired) electrons. The molecule has 1 unspecified atom stereocenters. The smallest absolute Gasteiger partial charge is 0.232 e. The third-order valence-electron chi connectivity index (χ3n) is 5.56. The number of rotatable bonds is 9. The van der Waals surface area contributed by atoms with Crippen molar-refractivity contribution in [2.75, 3.05) is 27.4 Å². The van der Waals surface area contributed by atoms with Gasteiger partial charge < -0.3 is 23.6 Å². The minimum Gasteiger partial charge on any atom is -0.497 e. The van der Waals surface area contributed by atoms with E-state index in [1.54, 1.807) is 19.1 Å². The van der Waals surface area contributed by atoms with Gasteiger partial charge in [-0.2, -0.15) is 4.98 Å². The maximum atomic E-state index is 12.7. The summed E-state index contributed by atoms with van der Waals surface area (Å²) in [6, 6.07) is 13.2. The van der Waals surface area contributed by atoms with E-state index in [0.717, 1.165) is 16.9 Å². The van der Waals surface area contributed by atoms with Crippen molar-refractivity contribution in [2.24, 2.45) is 5.92 Å². The largest absolute Gasteiger partial charge is 0.497 e. The van der Waals surface area contributed by atoms with Crippen molar-refractivity contribution in [2.45, 2.75) is 32.7 Å². The fourth-order valence-electron chi connectivity index (χ4n) is 3.76. The van der Waals surface area contributed by atoms with E-state index in [2.05, 4.69) is 24.0 Å². The Morgan fingerprint density at radius 1 is 1.09 bits per heavy atom. The summed E-state index contributed by atoms with van der Waals surface area (Å²) in [5.74, 6) is 3.54. The molecule has 8 nitrogen and oxygen atoms in total. The molecule has 0 bridgehead atoms. The van der Waals surface area contributed by atoms with Gasteiger partial charge in [-0.1, -0.05) is 19.0 Å². The minimum absolute atomic E-state index is 0.0456. The number of amides is 1. The van der Waals surface area contributed by atoms with Crippen LogP contribution in [0.1, 0.15) is 37.6 Å². The highest BCUT2D eigenvalue weighted by molar-refractivity contribution is 5.79. The number of carbonyl (C=O) groups is 1. The Labute approximate surface area is 193 Å². The summed E-state index contributed by atoms with van der Waals surface area (Å²) in [7, 11) is 3.21. The highest BCUT2D eigenvalue weighted by Crippen LogP contribution is 2.32. The van der Waals surface area contributed by atoms with Gasteiger partial charge in [0.05, 0.1) is 26.7 Å². The lowest BCUT2D eigenvalue weighted by Gasteiger charge is -2.18. The molecule has 0 N–H and O–H groups in total. The van der Waals surface area contributed by atoms with Crippen LogP contribution in [0.5, 0.6) is 17.2 Å². The fraction of sp³-hybridized carbons (Fsp3) is 0.400. The minimum atomic E-state index is -0.142. The van der Waals surface area contributed by atoms with Crippen molar-refractivity contribution in [3.63, 3.8) is 0 Å². The number of benzene rings is 2. The van der Waals surface area contributed by atoms with Crippen LogP contribution < -0.4 is 14.2 Å². The van der Waals surface area contributed by atoms with E-state index in [1.165, 1.54) is 0 Å². The summed E-state index contributed by atoms with van der Waals surface area (Å²) < 4.78 is 22.0. The van der Waals surface area contributed by atoms with Crippen LogP contribution in [-0.2, 0) is 11.3 Å². The zero-order valence-corrected chi connectivity index (χ0v) is 19.4. The van der Waals surface area contributed by atoms with Gasteiger partial charge in [-0.05, 0) is 42.3 Å². The number of aromatic nitrogens is 2. The van der Waals surface area contributed by atoms with Crippen LogP contribution in [0.4, 0.5) is 0 Å². The van der Waals surface area contributed by atoms with Gasteiger partial charge in [-0.15, -0.1) is 0 Å². The molecule has 4 rings (SSSR count). The molecular formula is C25H29N3O5. The first-order valence-electron chi connectivity index (χ1n) is 11.0. The van der Waals surface area contributed by atoms with E-state index in [-0.39, 0.29) is 11.8 Å². The monoisotopic (exact) mass is 451 g/mol. The number of carbonyl (C=O) groups excluding carboxylic acids is 1. The summed E-state index contributed by atoms with van der Waals surface area (Å²) in [6.07, 6.45) is 0.335. The number of methoxy groups -OCH3 is 2. The zero-order valence-electron chi connectivity index (χ0n) is 19.4. The SMILES string of the molecule is COc1ccc(CN2CC(c3nc(-c4ccc(OCC(C)C)cc4)no3)CC2=O)c(OC)c1. The van der Waals surface area contributed by atoms with Gasteiger partial charge in [0.25, 0.3) is 0 Å². The zero-order chi connectivity index (χ0) is 23.4. The molecule has 33 heavy (non-hydrogen) atoms. The molecule has 1 aliphatic heterocycles. The quantitative estimate of drug-likeness (QED) is 0.479. The molecule has 2 aromatic carbocycles. The lowest BCUT2D eigenvalue weighted by atomic mass is 10.1. The number of nitrogens with zero attached hydrogens (tertiary/aromatic N) is 3. The van der Waals surface area contributed by atoms with Gasteiger partial charge in [0.1, 0.15) is 17.2 Å². The first kappa shape index (κ1) is 22.6. The summed E-state index contributed by atoms with van der Waals surface area (Å²) in [5, 5.41) is 4.12. The maximum Gasteiger partial charge on any atom is 0.232 e. The Morgan fingerprint density at radius 2 is 1.85 bits per heavy atom. The lowest BCUT2D eigenvalue weighted by molar-refractivity contribution is -0.128. The predicted octanol–water partition coefficient (Wildman–Crippen LogP) is 4.30. The van der Waals surface area contributed by atoms with Gasteiger partial charge in [0, 0.05) is 36.7 Å². The molecule has 1 aliphatic rings. The molecule has 0 aliphatic carbocycles. The third kappa shape index (κ3) is 5.27. The summed E-state index contributed by atoms with van der Waals surface area (Å²) in [5.41, 5.74) is 1.75. The van der Waals surface area contributed by atoms with Gasteiger partial charge >= 0.3 is 0 Å². The van der Waals surface area contributed by atoms with Crippen LogP contribution >= 0.6 is 0 Å². The van der Waals surface area contributed by atoms with Gasteiger partial charge in [0.2, 0.25) is 17.6 Å². The molecule has 2 heterocycles. The third-order valence-corrected chi connectivity index (χ3v) is 5.56. The van der Waals surface area contributed by atoms with E-state index in [1.807, 2.05) is 42.5 Å². The average Bonchev–Trinajstić information content (AvgIpc) is 3.45. The topological polar surface area (TPSA) is 86.9 Å². The Morgan fingerprint density at radius 3 is 2.55 bits per heavy atom. The molecule has 1 atom stereocenters. The van der Waals surface area contributed by atoms with Gasteiger partial charge in [-0.3, -0.25) is 4.79 Å². The molecule has 1 aromatic heterocycles. The van der Waals surface area contributed by atoms with Crippen molar-refractivity contribution in [1.82, 2.24) is 15.0 Å². The van der Waals surface area contributed by atoms with Crippen LogP contribution in [-0.4, -0.2) is 48.3 Å². The second kappa shape index (κ2) is 9.94. The molecule has 174 valence electrons. The van der Waals surface area contributed by atoms with Crippen molar-refractivity contribution >= 4 is 5.91 Å². The Kier molecular flexibility index (Phi) is 6.82. The number of likely N-dealkylation sites (tertiary alicyclic amines) is 1. The molecular weight excluding hydrogens is 422 g/mol. The molecule has 1 saturated heterocycles. The lowest BCUT2D eigenvalue weighted by Crippen LogP contribution is -2.24. The van der Waals surface area contributed by atoms with Crippen molar-refractivity contribution in [3.8, 4) is 28.6 Å². The van der Waals surface area contributed by atoms with Crippen LogP contribution in [0.25, 0.3) is 11.4 Å². The summed E-state index contributed by atoms with van der Waals surface area (Å²) >= 11 is 0. The second-order valence-corrected chi connectivity index (χ2v) is 8.54. The van der Waals surface area contributed by atoms with Crippen molar-refractivity contribution < 1.29 is 23.5 Å². The first-order valence-corrected chi connectivity index (χ1v) is 11.0. The molecule has 0 saturated carbocycles. The molecule has 1 fully saturated rings. The van der Waals surface area contributed by atoms with E-state index in [0.29, 0.717) is 55.2 Å². The standard InChI is InChI=1S/C25H29N3O5/c1-16(2)15-32-20-8-5-17(6-9-20)24-26-25(33-27-24)19-11-23(29)28(14-19)13-18-7-10-21(30-3)12-22(18)31-4/h5-10,12,16,19H,11,13-15H2,1-4H3. The summed E-state index contributed by atoms with van der Waals surface area (Å²) in [4.78, 5) is 19.0. The Balaban J connectivity index is 1.42. The molecule has 0 spiro atoms. The van der Waals surface area contributed by atoms with Crippen LogP contribution in [0.15, 0.2) is 47.0 Å². The number of hydrogen-bond acceptors (Lipinski definition) is 7. The van der Waals surface area contributed by atoms with Gasteiger partial charge in [0.15, 0.2) is 0 Å². The van der Waals surface area contributed by atoms with E-state index < -0.39 is 0 Å². The van der Waals surface area contributed by atoms with Crippen LogP contribution in [0.2, 0.25) is 0 Å². The average molecular weight is 452 g/mol. The molecule has 1 amide bonds.